The molecule has 3 rings (SSSR count). The van der Waals surface area contributed by atoms with E-state index in [0.29, 0.717) is 0 Å². The standard InChI is InChI=1S/C14H16BrN5/c1-9-18-13(14(15)19-9)8-16-5-4-10-2-3-11-7-17-20-12(11)6-10/h2-3,6-7,16H,4-5,8H2,1H3,(H,17,20)(H,18,19). The molecule has 3 aromatic rings. The van der Waals surface area contributed by atoms with Crippen LogP contribution in [0.25, 0.3) is 10.9 Å². The van der Waals surface area contributed by atoms with Crippen LogP contribution in [0.1, 0.15) is 17.1 Å². The van der Waals surface area contributed by atoms with Crippen LogP contribution in [0.2, 0.25) is 0 Å². The van der Waals surface area contributed by atoms with Crippen molar-refractivity contribution in [3.05, 3.63) is 46.1 Å². The summed E-state index contributed by atoms with van der Waals surface area (Å²) in [6, 6.07) is 6.40. The molecular formula is C14H16BrN5. The number of fused-ring (bicyclic) bond motifs is 1. The van der Waals surface area contributed by atoms with Crippen molar-refractivity contribution >= 4 is 26.8 Å². The number of hydrogen-bond donors (Lipinski definition) is 3. The summed E-state index contributed by atoms with van der Waals surface area (Å²) in [5.41, 5.74) is 3.48. The van der Waals surface area contributed by atoms with Gasteiger partial charge >= 0.3 is 0 Å². The summed E-state index contributed by atoms with van der Waals surface area (Å²) in [5, 5.41) is 11.6. The van der Waals surface area contributed by atoms with Gasteiger partial charge in [0.15, 0.2) is 0 Å². The molecule has 0 unspecified atom stereocenters. The Bertz CT molecular complexity index is 715. The second-order valence-electron chi connectivity index (χ2n) is 4.81. The minimum Gasteiger partial charge on any atom is -0.344 e. The smallest absolute Gasteiger partial charge is 0.128 e. The number of benzene rings is 1. The van der Waals surface area contributed by atoms with Crippen molar-refractivity contribution < 1.29 is 0 Å². The highest BCUT2D eigenvalue weighted by atomic mass is 79.9. The zero-order valence-corrected chi connectivity index (χ0v) is 12.8. The Hall–Kier alpha value is -1.66. The molecule has 0 amide bonds. The fourth-order valence-electron chi connectivity index (χ4n) is 2.22. The van der Waals surface area contributed by atoms with Crippen LogP contribution >= 0.6 is 15.9 Å². The predicted octanol–water partition coefficient (Wildman–Crippen LogP) is 2.69. The summed E-state index contributed by atoms with van der Waals surface area (Å²) in [4.78, 5) is 7.52. The topological polar surface area (TPSA) is 69.4 Å². The minimum atomic E-state index is 0.785. The Labute approximate surface area is 125 Å². The van der Waals surface area contributed by atoms with Crippen LogP contribution in [0.15, 0.2) is 29.0 Å². The number of imidazole rings is 1. The van der Waals surface area contributed by atoms with Gasteiger partial charge in [-0.25, -0.2) is 4.98 Å². The van der Waals surface area contributed by atoms with E-state index in [4.69, 9.17) is 0 Å². The molecule has 0 bridgehead atoms. The van der Waals surface area contributed by atoms with Gasteiger partial charge in [0.1, 0.15) is 10.4 Å². The Kier molecular flexibility index (Phi) is 3.84. The summed E-state index contributed by atoms with van der Waals surface area (Å²) in [6.07, 6.45) is 2.83. The highest BCUT2D eigenvalue weighted by Crippen LogP contribution is 2.14. The highest BCUT2D eigenvalue weighted by Gasteiger charge is 2.04. The highest BCUT2D eigenvalue weighted by molar-refractivity contribution is 9.10. The third-order valence-corrected chi connectivity index (χ3v) is 3.90. The van der Waals surface area contributed by atoms with Crippen molar-refractivity contribution in [1.82, 2.24) is 25.5 Å². The molecule has 2 heterocycles. The van der Waals surface area contributed by atoms with Gasteiger partial charge in [-0.15, -0.1) is 0 Å². The first-order valence-electron chi connectivity index (χ1n) is 6.56. The molecule has 3 N–H and O–H groups in total. The molecule has 0 saturated carbocycles. The van der Waals surface area contributed by atoms with Gasteiger partial charge < -0.3 is 10.3 Å². The first-order chi connectivity index (χ1) is 9.72. The zero-order chi connectivity index (χ0) is 13.9. The number of aromatic nitrogens is 4. The number of rotatable bonds is 5. The van der Waals surface area contributed by atoms with Crippen molar-refractivity contribution in [3.8, 4) is 0 Å². The maximum absolute atomic E-state index is 4.29. The molecular weight excluding hydrogens is 318 g/mol. The van der Waals surface area contributed by atoms with E-state index in [-0.39, 0.29) is 0 Å². The molecule has 1 aromatic carbocycles. The second kappa shape index (κ2) is 5.76. The monoisotopic (exact) mass is 333 g/mol. The van der Waals surface area contributed by atoms with Crippen LogP contribution in [0.3, 0.4) is 0 Å². The van der Waals surface area contributed by atoms with Gasteiger partial charge in [0.25, 0.3) is 0 Å². The number of hydrogen-bond acceptors (Lipinski definition) is 3. The average Bonchev–Trinajstić information content (AvgIpc) is 3.00. The van der Waals surface area contributed by atoms with Gasteiger partial charge in [-0.1, -0.05) is 12.1 Å². The lowest BCUT2D eigenvalue weighted by molar-refractivity contribution is 0.675. The first kappa shape index (κ1) is 13.3. The van der Waals surface area contributed by atoms with Crippen LogP contribution in [0.5, 0.6) is 0 Å². The van der Waals surface area contributed by atoms with Crippen LogP contribution in [-0.2, 0) is 13.0 Å². The molecule has 0 atom stereocenters. The van der Waals surface area contributed by atoms with Gasteiger partial charge in [-0.05, 0) is 47.4 Å². The molecule has 0 spiro atoms. The maximum atomic E-state index is 4.29. The normalized spacial score (nSPS) is 11.3. The maximum Gasteiger partial charge on any atom is 0.128 e. The van der Waals surface area contributed by atoms with Crippen LogP contribution < -0.4 is 5.32 Å². The van der Waals surface area contributed by atoms with E-state index in [1.165, 1.54) is 5.56 Å². The second-order valence-corrected chi connectivity index (χ2v) is 5.56. The van der Waals surface area contributed by atoms with Gasteiger partial charge in [0.2, 0.25) is 0 Å². The number of aryl methyl sites for hydroxylation is 1. The largest absolute Gasteiger partial charge is 0.344 e. The van der Waals surface area contributed by atoms with E-state index in [1.807, 2.05) is 13.1 Å². The van der Waals surface area contributed by atoms with Gasteiger partial charge in [-0.3, -0.25) is 5.10 Å². The molecule has 0 aliphatic rings. The first-order valence-corrected chi connectivity index (χ1v) is 7.35. The van der Waals surface area contributed by atoms with Crippen molar-refractivity contribution in [3.63, 3.8) is 0 Å². The van der Waals surface area contributed by atoms with Gasteiger partial charge in [0.05, 0.1) is 17.4 Å². The van der Waals surface area contributed by atoms with Crippen molar-refractivity contribution in [2.75, 3.05) is 6.54 Å². The molecule has 0 aliphatic carbocycles. The Morgan fingerprint density at radius 2 is 2.25 bits per heavy atom. The lowest BCUT2D eigenvalue weighted by Crippen LogP contribution is -2.17. The molecule has 0 saturated heterocycles. The molecule has 0 fully saturated rings. The number of aromatic amines is 2. The Morgan fingerprint density at radius 3 is 3.05 bits per heavy atom. The zero-order valence-electron chi connectivity index (χ0n) is 11.2. The summed E-state index contributed by atoms with van der Waals surface area (Å²) < 4.78 is 0.890. The van der Waals surface area contributed by atoms with E-state index >= 15 is 0 Å². The summed E-state index contributed by atoms with van der Waals surface area (Å²) in [6.45, 7) is 3.66. The lowest BCUT2D eigenvalue weighted by atomic mass is 10.1. The Morgan fingerprint density at radius 1 is 1.35 bits per heavy atom. The fourth-order valence-corrected chi connectivity index (χ4v) is 2.72. The van der Waals surface area contributed by atoms with E-state index < -0.39 is 0 Å². The van der Waals surface area contributed by atoms with Crippen LogP contribution in [-0.4, -0.2) is 26.7 Å². The molecule has 0 radical (unpaired) electrons. The number of nitrogens with zero attached hydrogens (tertiary/aromatic N) is 2. The minimum absolute atomic E-state index is 0.785. The molecule has 5 nitrogen and oxygen atoms in total. The number of H-pyrrole nitrogens is 2. The van der Waals surface area contributed by atoms with Crippen molar-refractivity contribution in [2.45, 2.75) is 19.9 Å². The summed E-state index contributed by atoms with van der Waals surface area (Å²) in [7, 11) is 0. The van der Waals surface area contributed by atoms with Crippen molar-refractivity contribution in [1.29, 1.82) is 0 Å². The Balaban J connectivity index is 1.53. The number of halogens is 1. The van der Waals surface area contributed by atoms with Gasteiger partial charge in [0, 0.05) is 11.9 Å². The van der Waals surface area contributed by atoms with E-state index in [1.54, 1.807) is 0 Å². The molecule has 0 aliphatic heterocycles. The van der Waals surface area contributed by atoms with E-state index in [0.717, 1.165) is 46.5 Å². The quantitative estimate of drug-likeness (QED) is 0.629. The fraction of sp³-hybridized carbons (Fsp3) is 0.286. The molecule has 20 heavy (non-hydrogen) atoms. The third kappa shape index (κ3) is 2.91. The molecule has 2 aromatic heterocycles. The summed E-state index contributed by atoms with van der Waals surface area (Å²) >= 11 is 3.44. The van der Waals surface area contributed by atoms with Gasteiger partial charge in [-0.2, -0.15) is 5.10 Å². The van der Waals surface area contributed by atoms with Crippen molar-refractivity contribution in [2.24, 2.45) is 0 Å². The SMILES string of the molecule is Cc1nc(Br)c(CNCCc2ccc3cn[nH]c3c2)[nH]1. The average molecular weight is 334 g/mol. The van der Waals surface area contributed by atoms with E-state index in [2.05, 4.69) is 59.6 Å². The van der Waals surface area contributed by atoms with E-state index in [9.17, 15) is 0 Å². The number of nitrogens with one attached hydrogen (secondary N) is 3. The summed E-state index contributed by atoms with van der Waals surface area (Å²) in [5.74, 6) is 0.929. The lowest BCUT2D eigenvalue weighted by Gasteiger charge is -2.04. The molecule has 6 heteroatoms. The third-order valence-electron chi connectivity index (χ3n) is 3.25. The predicted molar refractivity (Wildman–Crippen MR) is 82.5 cm³/mol. The molecule has 104 valence electrons. The van der Waals surface area contributed by atoms with Crippen LogP contribution in [0, 0.1) is 6.92 Å². The van der Waals surface area contributed by atoms with Crippen LogP contribution in [0.4, 0.5) is 0 Å².